The van der Waals surface area contributed by atoms with Gasteiger partial charge < -0.3 is 18.9 Å². The maximum Gasteiger partial charge on any atom is 0.573 e. The van der Waals surface area contributed by atoms with Gasteiger partial charge in [-0.15, -0.1) is 13.2 Å². The van der Waals surface area contributed by atoms with Crippen molar-refractivity contribution in [3.8, 4) is 17.0 Å². The molecule has 5 rings (SSSR count). The zero-order valence-corrected chi connectivity index (χ0v) is 16.8. The van der Waals surface area contributed by atoms with Crippen molar-refractivity contribution >= 4 is 0 Å². The molecule has 2 aliphatic heterocycles. The maximum atomic E-state index is 12.9. The second-order valence-corrected chi connectivity index (χ2v) is 8.65. The van der Waals surface area contributed by atoms with Crippen LogP contribution in [0.2, 0.25) is 0 Å². The zero-order valence-electron chi connectivity index (χ0n) is 16.8. The van der Waals surface area contributed by atoms with Crippen molar-refractivity contribution in [2.75, 3.05) is 7.05 Å². The second kappa shape index (κ2) is 7.57. The zero-order chi connectivity index (χ0) is 20.9. The summed E-state index contributed by atoms with van der Waals surface area (Å²) in [6, 6.07) is 7.17. The van der Waals surface area contributed by atoms with Gasteiger partial charge in [0.2, 0.25) is 0 Å². The molecule has 2 saturated heterocycles. The molecule has 0 radical (unpaired) electrons. The Kier molecular flexibility index (Phi) is 5.01. The Hall–Kier alpha value is -2.06. The Morgan fingerprint density at radius 1 is 1.10 bits per heavy atom. The van der Waals surface area contributed by atoms with Gasteiger partial charge in [-0.1, -0.05) is 17.3 Å². The number of halogens is 3. The van der Waals surface area contributed by atoms with Crippen LogP contribution in [0.15, 0.2) is 28.8 Å². The fraction of sp³-hybridized carbons (Fsp3) is 0.591. The Morgan fingerprint density at radius 2 is 1.80 bits per heavy atom. The number of para-hydroxylation sites is 1. The first-order valence-corrected chi connectivity index (χ1v) is 10.6. The monoisotopic (exact) mass is 422 g/mol. The summed E-state index contributed by atoms with van der Waals surface area (Å²) in [5, 5.41) is 4.15. The molecule has 1 aliphatic carbocycles. The molecule has 2 aromatic rings. The van der Waals surface area contributed by atoms with Gasteiger partial charge >= 0.3 is 6.36 Å². The van der Waals surface area contributed by atoms with Crippen LogP contribution in [0, 0.1) is 0 Å². The van der Waals surface area contributed by atoms with Gasteiger partial charge in [-0.25, -0.2) is 0 Å². The molecule has 3 heterocycles. The predicted molar refractivity (Wildman–Crippen MR) is 103 cm³/mol. The molecule has 1 saturated carbocycles. The Bertz CT molecular complexity index is 895. The number of alkyl halides is 3. The molecule has 2 atom stereocenters. The molecule has 3 fully saturated rings. The third kappa shape index (κ3) is 3.95. The van der Waals surface area contributed by atoms with E-state index in [1.807, 2.05) is 0 Å². The summed E-state index contributed by atoms with van der Waals surface area (Å²) >= 11 is 0. The quantitative estimate of drug-likeness (QED) is 0.636. The molecular weight excluding hydrogens is 397 g/mol. The van der Waals surface area contributed by atoms with Gasteiger partial charge in [-0.3, -0.25) is 0 Å². The summed E-state index contributed by atoms with van der Waals surface area (Å²) in [6.45, 7) is 0.291. The number of rotatable bonds is 6. The van der Waals surface area contributed by atoms with Crippen molar-refractivity contribution in [1.29, 1.82) is 0 Å². The smallest absolute Gasteiger partial charge is 0.405 e. The molecule has 0 spiro atoms. The minimum absolute atomic E-state index is 0.148. The summed E-state index contributed by atoms with van der Waals surface area (Å²) in [7, 11) is 2.18. The summed E-state index contributed by atoms with van der Waals surface area (Å²) in [5.41, 5.74) is 1.40. The second-order valence-electron chi connectivity index (χ2n) is 8.65. The topological polar surface area (TPSA) is 47.7 Å². The van der Waals surface area contributed by atoms with Crippen LogP contribution in [-0.4, -0.2) is 41.7 Å². The Morgan fingerprint density at radius 3 is 2.47 bits per heavy atom. The molecule has 2 bridgehead atoms. The SMILES string of the molecule is CN1C2CCC1CC(OCc1c(-c3ccccc3OC(F)(F)F)noc1C1CC1)C2. The third-order valence-corrected chi connectivity index (χ3v) is 6.65. The fourth-order valence-corrected chi connectivity index (χ4v) is 4.91. The highest BCUT2D eigenvalue weighted by molar-refractivity contribution is 5.70. The first kappa shape index (κ1) is 19.9. The average Bonchev–Trinajstić information content (AvgIpc) is 3.42. The van der Waals surface area contributed by atoms with E-state index in [0.29, 0.717) is 24.4 Å². The number of fused-ring (bicyclic) bond motifs is 2. The third-order valence-electron chi connectivity index (χ3n) is 6.65. The Balaban J connectivity index is 1.40. The molecule has 0 N–H and O–H groups in total. The van der Waals surface area contributed by atoms with E-state index in [9.17, 15) is 13.2 Å². The van der Waals surface area contributed by atoms with E-state index in [1.54, 1.807) is 12.1 Å². The number of aromatic nitrogens is 1. The average molecular weight is 422 g/mol. The molecule has 162 valence electrons. The highest BCUT2D eigenvalue weighted by Crippen LogP contribution is 2.46. The minimum Gasteiger partial charge on any atom is -0.405 e. The molecule has 0 amide bonds. The Labute approximate surface area is 173 Å². The van der Waals surface area contributed by atoms with E-state index in [0.717, 1.165) is 37.0 Å². The van der Waals surface area contributed by atoms with Crippen LogP contribution < -0.4 is 4.74 Å². The van der Waals surface area contributed by atoms with Gasteiger partial charge in [0.05, 0.1) is 12.7 Å². The van der Waals surface area contributed by atoms with Crippen molar-refractivity contribution in [1.82, 2.24) is 10.1 Å². The lowest BCUT2D eigenvalue weighted by molar-refractivity contribution is -0.274. The summed E-state index contributed by atoms with van der Waals surface area (Å²) in [4.78, 5) is 2.45. The van der Waals surface area contributed by atoms with Gasteiger partial charge in [-0.05, 0) is 57.7 Å². The highest BCUT2D eigenvalue weighted by atomic mass is 19.4. The van der Waals surface area contributed by atoms with E-state index < -0.39 is 6.36 Å². The lowest BCUT2D eigenvalue weighted by Crippen LogP contribution is -2.42. The van der Waals surface area contributed by atoms with Gasteiger partial charge in [0.1, 0.15) is 17.2 Å². The number of piperidine rings is 1. The lowest BCUT2D eigenvalue weighted by Gasteiger charge is -2.36. The number of ether oxygens (including phenoxy) is 2. The molecule has 5 nitrogen and oxygen atoms in total. The largest absolute Gasteiger partial charge is 0.573 e. The predicted octanol–water partition coefficient (Wildman–Crippen LogP) is 5.26. The lowest BCUT2D eigenvalue weighted by atomic mass is 10.00. The van der Waals surface area contributed by atoms with E-state index >= 15 is 0 Å². The van der Waals surface area contributed by atoms with E-state index in [2.05, 4.69) is 21.8 Å². The van der Waals surface area contributed by atoms with Crippen LogP contribution in [0.4, 0.5) is 13.2 Å². The molecule has 2 unspecified atom stereocenters. The van der Waals surface area contributed by atoms with Crippen LogP contribution in [0.1, 0.15) is 55.8 Å². The van der Waals surface area contributed by atoms with E-state index in [1.165, 1.54) is 25.0 Å². The van der Waals surface area contributed by atoms with Crippen LogP contribution in [-0.2, 0) is 11.3 Å². The van der Waals surface area contributed by atoms with Crippen molar-refractivity contribution in [2.24, 2.45) is 0 Å². The molecule has 30 heavy (non-hydrogen) atoms. The number of benzene rings is 1. The molecular formula is C22H25F3N2O3. The number of hydrogen-bond acceptors (Lipinski definition) is 5. The standard InChI is InChI=1S/C22H25F3N2O3/c1-27-14-8-9-15(27)11-16(10-14)28-12-18-20(26-30-21(18)13-6-7-13)17-4-2-3-5-19(17)29-22(23,24)25/h2-5,13-16H,6-12H2,1H3. The van der Waals surface area contributed by atoms with Crippen molar-refractivity contribution in [3.63, 3.8) is 0 Å². The van der Waals surface area contributed by atoms with E-state index in [4.69, 9.17) is 9.26 Å². The maximum absolute atomic E-state index is 12.9. The van der Waals surface area contributed by atoms with Crippen molar-refractivity contribution in [2.45, 2.75) is 75.6 Å². The molecule has 1 aromatic heterocycles. The summed E-state index contributed by atoms with van der Waals surface area (Å²) in [6.07, 6.45) is 1.75. The van der Waals surface area contributed by atoms with Crippen LogP contribution in [0.5, 0.6) is 5.75 Å². The number of hydrogen-bond donors (Lipinski definition) is 0. The molecule has 3 aliphatic rings. The minimum atomic E-state index is -4.77. The fourth-order valence-electron chi connectivity index (χ4n) is 4.91. The summed E-state index contributed by atoms with van der Waals surface area (Å²) in [5.74, 6) is 0.733. The van der Waals surface area contributed by atoms with Gasteiger partial charge in [-0.2, -0.15) is 0 Å². The first-order chi connectivity index (χ1) is 14.4. The van der Waals surface area contributed by atoms with Crippen molar-refractivity contribution < 1.29 is 27.2 Å². The molecule has 8 heteroatoms. The van der Waals surface area contributed by atoms with Gasteiger partial charge in [0.15, 0.2) is 0 Å². The molecule has 1 aromatic carbocycles. The van der Waals surface area contributed by atoms with Crippen LogP contribution in [0.25, 0.3) is 11.3 Å². The van der Waals surface area contributed by atoms with Crippen LogP contribution in [0.3, 0.4) is 0 Å². The normalized spacial score (nSPS) is 26.9. The van der Waals surface area contributed by atoms with Crippen molar-refractivity contribution in [3.05, 3.63) is 35.6 Å². The van der Waals surface area contributed by atoms with Gasteiger partial charge in [0, 0.05) is 29.1 Å². The first-order valence-electron chi connectivity index (χ1n) is 10.6. The number of nitrogens with zero attached hydrogens (tertiary/aromatic N) is 2. The highest BCUT2D eigenvalue weighted by Gasteiger charge is 2.40. The summed E-state index contributed by atoms with van der Waals surface area (Å²) < 4.78 is 54.8. The van der Waals surface area contributed by atoms with Crippen LogP contribution >= 0.6 is 0 Å². The van der Waals surface area contributed by atoms with E-state index in [-0.39, 0.29) is 23.3 Å². The van der Waals surface area contributed by atoms with Gasteiger partial charge in [0.25, 0.3) is 0 Å².